The zero-order valence-electron chi connectivity index (χ0n) is 14.5. The number of aryl methyl sites for hydroxylation is 1. The van der Waals surface area contributed by atoms with Crippen LogP contribution in [-0.2, 0) is 11.3 Å². The van der Waals surface area contributed by atoms with Gasteiger partial charge in [-0.15, -0.1) is 0 Å². The monoisotopic (exact) mass is 374 g/mol. The van der Waals surface area contributed by atoms with Crippen LogP contribution in [0.3, 0.4) is 0 Å². The van der Waals surface area contributed by atoms with E-state index >= 15 is 0 Å². The van der Waals surface area contributed by atoms with Gasteiger partial charge in [0, 0.05) is 37.6 Å². The number of hydrogen-bond acceptors (Lipinski definition) is 2. The molecule has 0 atom stereocenters. The molecule has 1 aliphatic rings. The number of amides is 2. The molecule has 3 rings (SSSR count). The third kappa shape index (κ3) is 4.05. The highest BCUT2D eigenvalue weighted by molar-refractivity contribution is 6.31. The lowest BCUT2D eigenvalue weighted by molar-refractivity contribution is -0.130. The Balaban J connectivity index is 1.72. The van der Waals surface area contributed by atoms with Crippen LogP contribution in [-0.4, -0.2) is 41.2 Å². The van der Waals surface area contributed by atoms with Crippen molar-refractivity contribution in [3.05, 3.63) is 70.0 Å². The lowest BCUT2D eigenvalue weighted by atomic mass is 10.1. The van der Waals surface area contributed by atoms with Crippen LogP contribution in [0.2, 0.25) is 5.02 Å². The molecular weight excluding hydrogens is 355 g/mol. The number of rotatable bonds is 3. The molecule has 0 bridgehead atoms. The molecule has 0 N–H and O–H groups in total. The van der Waals surface area contributed by atoms with Crippen LogP contribution in [0, 0.1) is 12.7 Å². The second-order valence-corrected chi connectivity index (χ2v) is 6.84. The van der Waals surface area contributed by atoms with Crippen LogP contribution in [0.5, 0.6) is 0 Å². The molecule has 136 valence electrons. The number of benzene rings is 2. The van der Waals surface area contributed by atoms with Gasteiger partial charge in [-0.25, -0.2) is 4.39 Å². The summed E-state index contributed by atoms with van der Waals surface area (Å²) in [6.07, 6.45) is 0.222. The molecule has 2 aromatic rings. The van der Waals surface area contributed by atoms with Gasteiger partial charge in [-0.2, -0.15) is 0 Å². The molecule has 2 aromatic carbocycles. The first kappa shape index (κ1) is 18.4. The van der Waals surface area contributed by atoms with Crippen molar-refractivity contribution in [3.8, 4) is 0 Å². The van der Waals surface area contributed by atoms with Crippen molar-refractivity contribution in [3.63, 3.8) is 0 Å². The van der Waals surface area contributed by atoms with Crippen molar-refractivity contribution in [1.82, 2.24) is 9.80 Å². The second-order valence-electron chi connectivity index (χ2n) is 6.41. The first-order valence-electron chi connectivity index (χ1n) is 8.52. The zero-order chi connectivity index (χ0) is 18.7. The maximum absolute atomic E-state index is 14.0. The Morgan fingerprint density at radius 3 is 2.69 bits per heavy atom. The van der Waals surface area contributed by atoms with Gasteiger partial charge in [0.1, 0.15) is 5.82 Å². The molecule has 2 amide bonds. The number of carbonyl (C=O) groups excluding carboxylic acids is 2. The van der Waals surface area contributed by atoms with E-state index in [2.05, 4.69) is 0 Å². The van der Waals surface area contributed by atoms with Crippen LogP contribution in [0.4, 0.5) is 4.39 Å². The molecule has 0 spiro atoms. The molecule has 1 saturated heterocycles. The predicted molar refractivity (Wildman–Crippen MR) is 98.5 cm³/mol. The van der Waals surface area contributed by atoms with Crippen LogP contribution in [0.15, 0.2) is 42.5 Å². The van der Waals surface area contributed by atoms with Crippen molar-refractivity contribution in [2.45, 2.75) is 19.9 Å². The van der Waals surface area contributed by atoms with Crippen LogP contribution in [0.1, 0.15) is 27.9 Å². The van der Waals surface area contributed by atoms with E-state index in [-0.39, 0.29) is 24.4 Å². The summed E-state index contributed by atoms with van der Waals surface area (Å²) in [7, 11) is 0. The first-order chi connectivity index (χ1) is 12.5. The summed E-state index contributed by atoms with van der Waals surface area (Å²) < 4.78 is 14.0. The van der Waals surface area contributed by atoms with Crippen LogP contribution in [0.25, 0.3) is 0 Å². The molecule has 1 aliphatic heterocycles. The Bertz CT molecular complexity index is 840. The Morgan fingerprint density at radius 1 is 1.15 bits per heavy atom. The minimum absolute atomic E-state index is 0.00452. The molecule has 1 fully saturated rings. The van der Waals surface area contributed by atoms with Crippen LogP contribution < -0.4 is 0 Å². The fourth-order valence-corrected chi connectivity index (χ4v) is 3.23. The molecule has 1 heterocycles. The summed E-state index contributed by atoms with van der Waals surface area (Å²) in [6.45, 7) is 3.58. The van der Waals surface area contributed by atoms with E-state index in [4.69, 9.17) is 11.6 Å². The van der Waals surface area contributed by atoms with Gasteiger partial charge in [-0.1, -0.05) is 35.9 Å². The van der Waals surface area contributed by atoms with Gasteiger partial charge in [0.05, 0.1) is 5.56 Å². The van der Waals surface area contributed by atoms with Gasteiger partial charge >= 0.3 is 0 Å². The van der Waals surface area contributed by atoms with Gasteiger partial charge in [-0.3, -0.25) is 9.59 Å². The molecular formula is C20H20ClFN2O2. The number of nitrogens with zero attached hydrogens (tertiary/aromatic N) is 2. The topological polar surface area (TPSA) is 40.6 Å². The fraction of sp³-hybridized carbons (Fsp3) is 0.300. The third-order valence-corrected chi connectivity index (χ3v) is 4.89. The Hall–Kier alpha value is -2.40. The van der Waals surface area contributed by atoms with E-state index in [1.807, 2.05) is 31.2 Å². The predicted octanol–water partition coefficient (Wildman–Crippen LogP) is 3.66. The smallest absolute Gasteiger partial charge is 0.256 e. The minimum Gasteiger partial charge on any atom is -0.337 e. The highest BCUT2D eigenvalue weighted by Crippen LogP contribution is 2.19. The maximum atomic E-state index is 14.0. The Kier molecular flexibility index (Phi) is 5.57. The number of hydrogen-bond donors (Lipinski definition) is 0. The van der Waals surface area contributed by atoms with Crippen molar-refractivity contribution < 1.29 is 14.0 Å². The molecule has 4 nitrogen and oxygen atoms in total. The van der Waals surface area contributed by atoms with Crippen LogP contribution >= 0.6 is 11.6 Å². The van der Waals surface area contributed by atoms with Crippen molar-refractivity contribution in [2.75, 3.05) is 19.6 Å². The molecule has 0 aromatic heterocycles. The summed E-state index contributed by atoms with van der Waals surface area (Å²) in [6, 6.07) is 11.8. The van der Waals surface area contributed by atoms with Gasteiger partial charge in [-0.05, 0) is 36.2 Å². The lowest BCUT2D eigenvalue weighted by Crippen LogP contribution is -2.36. The molecule has 0 unspecified atom stereocenters. The van der Waals surface area contributed by atoms with E-state index in [0.29, 0.717) is 24.7 Å². The molecule has 0 radical (unpaired) electrons. The second kappa shape index (κ2) is 7.87. The minimum atomic E-state index is -0.605. The first-order valence-corrected chi connectivity index (χ1v) is 8.90. The maximum Gasteiger partial charge on any atom is 0.256 e. The van der Waals surface area contributed by atoms with Gasteiger partial charge in [0.25, 0.3) is 5.91 Å². The SMILES string of the molecule is Cc1ccccc1CN1CCN(C(=O)c2cc(Cl)ccc2F)CCC1=O. The fourth-order valence-electron chi connectivity index (χ4n) is 3.06. The van der Waals surface area contributed by atoms with Gasteiger partial charge in [0.15, 0.2) is 0 Å². The molecule has 0 aliphatic carbocycles. The molecule has 26 heavy (non-hydrogen) atoms. The van der Waals surface area contributed by atoms with Crippen molar-refractivity contribution >= 4 is 23.4 Å². The van der Waals surface area contributed by atoms with E-state index in [9.17, 15) is 14.0 Å². The largest absolute Gasteiger partial charge is 0.337 e. The number of halogens is 2. The van der Waals surface area contributed by atoms with E-state index in [0.717, 1.165) is 11.1 Å². The van der Waals surface area contributed by atoms with Crippen molar-refractivity contribution in [2.24, 2.45) is 0 Å². The Morgan fingerprint density at radius 2 is 1.92 bits per heavy atom. The highest BCUT2D eigenvalue weighted by atomic mass is 35.5. The van der Waals surface area contributed by atoms with Gasteiger partial charge < -0.3 is 9.80 Å². The summed E-state index contributed by atoms with van der Waals surface area (Å²) in [5.74, 6) is -1.04. The molecule has 0 saturated carbocycles. The lowest BCUT2D eigenvalue weighted by Gasteiger charge is -2.23. The van der Waals surface area contributed by atoms with Crippen molar-refractivity contribution in [1.29, 1.82) is 0 Å². The average molecular weight is 375 g/mol. The third-order valence-electron chi connectivity index (χ3n) is 4.66. The summed E-state index contributed by atoms with van der Waals surface area (Å²) in [5.41, 5.74) is 2.15. The average Bonchev–Trinajstić information content (AvgIpc) is 2.81. The normalized spacial score (nSPS) is 15.1. The highest BCUT2D eigenvalue weighted by Gasteiger charge is 2.26. The summed E-state index contributed by atoms with van der Waals surface area (Å²) in [5, 5.41) is 0.307. The quantitative estimate of drug-likeness (QED) is 0.822. The van der Waals surface area contributed by atoms with Gasteiger partial charge in [0.2, 0.25) is 5.91 Å². The summed E-state index contributed by atoms with van der Waals surface area (Å²) in [4.78, 5) is 28.4. The standard InChI is InChI=1S/C20H20ClFN2O2/c1-14-4-2-3-5-15(14)13-24-11-10-23(9-8-19(24)25)20(26)17-12-16(21)6-7-18(17)22/h2-7,12H,8-11,13H2,1H3. The summed E-state index contributed by atoms with van der Waals surface area (Å²) >= 11 is 5.88. The van der Waals surface area contributed by atoms with E-state index in [1.165, 1.54) is 23.1 Å². The zero-order valence-corrected chi connectivity index (χ0v) is 15.3. The van der Waals surface area contributed by atoms with E-state index < -0.39 is 11.7 Å². The Labute approximate surface area is 157 Å². The number of carbonyl (C=O) groups is 2. The molecule has 6 heteroatoms. The van der Waals surface area contributed by atoms with E-state index in [1.54, 1.807) is 4.90 Å².